The molecule has 0 bridgehead atoms. The zero-order chi connectivity index (χ0) is 45.7. The maximum absolute atomic E-state index is 14.0. The van der Waals surface area contributed by atoms with Crippen LogP contribution in [0.1, 0.15) is 91.1 Å². The summed E-state index contributed by atoms with van der Waals surface area (Å²) in [6, 6.07) is 7.64. The smallest absolute Gasteiger partial charge is 0.259 e. The van der Waals surface area contributed by atoms with Gasteiger partial charge in [-0.15, -0.1) is 0 Å². The number of rotatable bonds is 13. The molecule has 1 unspecified atom stereocenters. The van der Waals surface area contributed by atoms with Crippen LogP contribution in [0.3, 0.4) is 0 Å². The summed E-state index contributed by atoms with van der Waals surface area (Å²) in [4.78, 5) is 73.1. The number of amides is 3. The van der Waals surface area contributed by atoms with Crippen molar-refractivity contribution >= 4 is 51.2 Å². The highest BCUT2D eigenvalue weighted by Gasteiger charge is 2.35. The lowest BCUT2D eigenvalue weighted by molar-refractivity contribution is -0.122. The standard InChI is InChI=1S/C48H56N12O7/c1-2-51-45(62)32-22-37-39(52-27-32)25-43(58-15-19-65-20-16-58)55-48(37)67-36-7-8-41(60-12-10-50-30-60)31(21-36)24-44(61)56-46(63)33-23-38-40(53-28-33)26-42(57-13-17-64-18-14-57)54-47(38)66-35-5-3-34(4-6-35)59-11-9-49-29-59/h9-12,22-23,25-31,34-36,41H,2-8,13-21,24H2,1H3,(H,51,62)(H,56,61,63)/t31?,34-,35+,36-,41+/m1/s1. The van der Waals surface area contributed by atoms with Crippen LogP contribution in [0.4, 0.5) is 11.6 Å². The number of carbonyl (C=O) groups excluding carboxylic acids is 3. The number of hydrogen-bond acceptors (Lipinski definition) is 15. The number of nitrogens with zero attached hydrogens (tertiary/aromatic N) is 10. The second-order valence-electron chi connectivity index (χ2n) is 17.7. The number of anilines is 2. The molecule has 4 aliphatic rings. The number of morpholine rings is 2. The van der Waals surface area contributed by atoms with E-state index in [2.05, 4.69) is 40.0 Å². The first-order valence-corrected chi connectivity index (χ1v) is 23.5. The largest absolute Gasteiger partial charge is 0.474 e. The van der Waals surface area contributed by atoms with Crippen LogP contribution < -0.4 is 29.9 Å². The third-order valence-electron chi connectivity index (χ3n) is 13.4. The summed E-state index contributed by atoms with van der Waals surface area (Å²) in [5, 5.41) is 6.75. The first-order chi connectivity index (χ1) is 32.8. The molecule has 2 saturated heterocycles. The Morgan fingerprint density at radius 2 is 1.24 bits per heavy atom. The van der Waals surface area contributed by atoms with Gasteiger partial charge in [-0.1, -0.05) is 0 Å². The quantitative estimate of drug-likeness (QED) is 0.155. The Hall–Kier alpha value is -6.73. The van der Waals surface area contributed by atoms with E-state index in [1.54, 1.807) is 30.9 Å². The second-order valence-corrected chi connectivity index (χ2v) is 17.7. The fourth-order valence-corrected chi connectivity index (χ4v) is 9.90. The SMILES string of the molecule is CCNC(=O)c1cnc2cc(N3CCOCC3)nc(O[C@@H]3CC[C@H](n4ccnc4)C(CC(=O)NC(=O)c4cnc5cc(N6CCOCC6)nc(O[C@H]6CC[C@@H](n7ccnc7)CC6)c5c4)C3)c2c1. The molecule has 2 aliphatic heterocycles. The van der Waals surface area contributed by atoms with E-state index in [1.165, 1.54) is 6.20 Å². The van der Waals surface area contributed by atoms with E-state index >= 15 is 0 Å². The molecule has 350 valence electrons. The van der Waals surface area contributed by atoms with Crippen molar-refractivity contribution in [2.75, 3.05) is 69.0 Å². The van der Waals surface area contributed by atoms with Gasteiger partial charge in [-0.2, -0.15) is 9.97 Å². The predicted molar refractivity (Wildman–Crippen MR) is 247 cm³/mol. The lowest BCUT2D eigenvalue weighted by Gasteiger charge is -2.36. The van der Waals surface area contributed by atoms with Crippen LogP contribution in [0.25, 0.3) is 21.8 Å². The van der Waals surface area contributed by atoms with Gasteiger partial charge in [0.2, 0.25) is 17.7 Å². The van der Waals surface area contributed by atoms with E-state index in [4.69, 9.17) is 33.9 Å². The average molecular weight is 913 g/mol. The second kappa shape index (κ2) is 20.0. The van der Waals surface area contributed by atoms with Crippen molar-refractivity contribution in [1.29, 1.82) is 0 Å². The zero-order valence-corrected chi connectivity index (χ0v) is 37.7. The van der Waals surface area contributed by atoms with Gasteiger partial charge in [0.25, 0.3) is 11.8 Å². The maximum atomic E-state index is 14.0. The van der Waals surface area contributed by atoms with Crippen molar-refractivity contribution in [2.24, 2.45) is 5.92 Å². The molecule has 8 heterocycles. The molecule has 0 aromatic carbocycles. The Kier molecular flexibility index (Phi) is 13.2. The minimum Gasteiger partial charge on any atom is -0.474 e. The first-order valence-electron chi connectivity index (χ1n) is 23.5. The highest BCUT2D eigenvalue weighted by Crippen LogP contribution is 2.40. The molecule has 3 amide bonds. The van der Waals surface area contributed by atoms with Gasteiger partial charge in [0.05, 0.1) is 72.0 Å². The molecule has 0 spiro atoms. The Morgan fingerprint density at radius 3 is 1.81 bits per heavy atom. The third-order valence-corrected chi connectivity index (χ3v) is 13.4. The topological polar surface area (TPSA) is 206 Å². The lowest BCUT2D eigenvalue weighted by Crippen LogP contribution is -2.38. The number of imidazole rings is 2. The van der Waals surface area contributed by atoms with E-state index in [-0.39, 0.29) is 42.1 Å². The summed E-state index contributed by atoms with van der Waals surface area (Å²) in [5.74, 6) is 0.832. The van der Waals surface area contributed by atoms with Crippen LogP contribution in [0.5, 0.6) is 11.8 Å². The van der Waals surface area contributed by atoms with Crippen molar-refractivity contribution in [1.82, 2.24) is 49.7 Å². The van der Waals surface area contributed by atoms with E-state index in [0.717, 1.165) is 37.3 Å². The molecule has 4 fully saturated rings. The number of hydrogen-bond donors (Lipinski definition) is 2. The molecule has 19 heteroatoms. The molecular weight excluding hydrogens is 857 g/mol. The summed E-state index contributed by atoms with van der Waals surface area (Å²) in [6.07, 6.45) is 19.3. The number of fused-ring (bicyclic) bond motifs is 2. The van der Waals surface area contributed by atoms with Crippen molar-refractivity contribution in [3.8, 4) is 11.8 Å². The van der Waals surface area contributed by atoms with Gasteiger partial charge < -0.3 is 43.2 Å². The van der Waals surface area contributed by atoms with E-state index in [1.807, 2.05) is 48.5 Å². The third kappa shape index (κ3) is 10.0. The fourth-order valence-electron chi connectivity index (χ4n) is 9.90. The number of nitrogens with one attached hydrogen (secondary N) is 2. The van der Waals surface area contributed by atoms with Crippen molar-refractivity contribution in [3.05, 3.63) is 85.2 Å². The van der Waals surface area contributed by atoms with Crippen LogP contribution in [0.2, 0.25) is 0 Å². The average Bonchev–Trinajstić information content (AvgIpc) is 4.11. The number of aromatic nitrogens is 8. The van der Waals surface area contributed by atoms with Gasteiger partial charge in [0, 0.05) is 101 Å². The Balaban J connectivity index is 0.871. The number of pyridine rings is 4. The Bertz CT molecular complexity index is 2680. The zero-order valence-electron chi connectivity index (χ0n) is 37.7. The number of ether oxygens (including phenoxy) is 4. The van der Waals surface area contributed by atoms with Gasteiger partial charge in [-0.3, -0.25) is 29.7 Å². The predicted octanol–water partition coefficient (Wildman–Crippen LogP) is 5.09. The first kappa shape index (κ1) is 44.1. The van der Waals surface area contributed by atoms with Crippen molar-refractivity contribution in [2.45, 2.75) is 82.6 Å². The molecular formula is C48H56N12O7. The van der Waals surface area contributed by atoms with Gasteiger partial charge >= 0.3 is 0 Å². The molecule has 6 aromatic heterocycles. The summed E-state index contributed by atoms with van der Waals surface area (Å²) in [6.45, 7) is 7.45. The Morgan fingerprint density at radius 1 is 0.687 bits per heavy atom. The number of imide groups is 1. The van der Waals surface area contributed by atoms with Crippen molar-refractivity contribution in [3.63, 3.8) is 0 Å². The fraction of sp³-hybridized carbons (Fsp3) is 0.479. The summed E-state index contributed by atoms with van der Waals surface area (Å²) >= 11 is 0. The molecule has 10 rings (SSSR count). The van der Waals surface area contributed by atoms with Gasteiger partial charge in [0.15, 0.2) is 0 Å². The molecule has 2 saturated carbocycles. The molecule has 2 aliphatic carbocycles. The molecule has 2 N–H and O–H groups in total. The lowest BCUT2D eigenvalue weighted by atomic mass is 9.80. The summed E-state index contributed by atoms with van der Waals surface area (Å²) in [5.41, 5.74) is 1.94. The van der Waals surface area contributed by atoms with Crippen molar-refractivity contribution < 1.29 is 33.3 Å². The van der Waals surface area contributed by atoms with Gasteiger partial charge in [0.1, 0.15) is 23.8 Å². The summed E-state index contributed by atoms with van der Waals surface area (Å²) in [7, 11) is 0. The molecule has 3 atom stereocenters. The van der Waals surface area contributed by atoms with Gasteiger partial charge in [-0.05, 0) is 69.9 Å². The molecule has 6 aromatic rings. The monoisotopic (exact) mass is 912 g/mol. The molecule has 0 radical (unpaired) electrons. The normalized spacial score (nSPS) is 22.4. The number of carbonyl (C=O) groups is 3. The van der Waals surface area contributed by atoms with E-state index in [0.29, 0.717) is 124 Å². The Labute approximate surface area is 387 Å². The maximum Gasteiger partial charge on any atom is 0.259 e. The molecule has 67 heavy (non-hydrogen) atoms. The highest BCUT2D eigenvalue weighted by atomic mass is 16.5. The highest BCUT2D eigenvalue weighted by molar-refractivity contribution is 6.06. The van der Waals surface area contributed by atoms with Gasteiger partial charge in [-0.25, -0.2) is 9.97 Å². The van der Waals surface area contributed by atoms with E-state index in [9.17, 15) is 14.4 Å². The van der Waals surface area contributed by atoms with Crippen LogP contribution in [0, 0.1) is 5.92 Å². The van der Waals surface area contributed by atoms with Crippen LogP contribution in [-0.2, 0) is 14.3 Å². The van der Waals surface area contributed by atoms with Crippen LogP contribution in [0.15, 0.2) is 74.1 Å². The van der Waals surface area contributed by atoms with Crippen LogP contribution >= 0.6 is 0 Å². The summed E-state index contributed by atoms with van der Waals surface area (Å²) < 4.78 is 28.9. The van der Waals surface area contributed by atoms with E-state index < -0.39 is 11.8 Å². The minimum atomic E-state index is -0.558. The minimum absolute atomic E-state index is 0.0565. The van der Waals surface area contributed by atoms with Crippen LogP contribution in [-0.4, -0.2) is 128 Å². The molecule has 19 nitrogen and oxygen atoms in total.